The van der Waals surface area contributed by atoms with E-state index in [4.69, 9.17) is 10.9 Å². The highest BCUT2D eigenvalue weighted by Crippen LogP contribution is 2.27. The highest BCUT2D eigenvalue weighted by Gasteiger charge is 2.42. The molecule has 0 aliphatic heterocycles. The van der Waals surface area contributed by atoms with Crippen LogP contribution in [0.15, 0.2) is 23.4 Å². The van der Waals surface area contributed by atoms with Gasteiger partial charge in [-0.1, -0.05) is 22.9 Å². The summed E-state index contributed by atoms with van der Waals surface area (Å²) < 4.78 is 38.1. The Hall–Kier alpha value is -1.92. The van der Waals surface area contributed by atoms with Crippen molar-refractivity contribution in [2.45, 2.75) is 20.0 Å². The first kappa shape index (κ1) is 15.1. The van der Waals surface area contributed by atoms with Crippen molar-refractivity contribution < 1.29 is 18.4 Å². The number of amidine groups is 1. The molecule has 1 rings (SSSR count). The Morgan fingerprint density at radius 1 is 1.42 bits per heavy atom. The summed E-state index contributed by atoms with van der Waals surface area (Å²) in [5.41, 5.74) is 7.51. The predicted molar refractivity (Wildman–Crippen MR) is 67.4 cm³/mol. The van der Waals surface area contributed by atoms with Gasteiger partial charge < -0.3 is 16.3 Å². The Bertz CT molecular complexity index is 472. The molecule has 0 fully saturated rings. The van der Waals surface area contributed by atoms with Crippen LogP contribution in [-0.4, -0.2) is 23.8 Å². The van der Waals surface area contributed by atoms with Crippen LogP contribution in [0.4, 0.5) is 18.9 Å². The summed E-state index contributed by atoms with van der Waals surface area (Å²) in [5.74, 6) is -2.89. The summed E-state index contributed by atoms with van der Waals surface area (Å²) in [7, 11) is 0. The molecule has 0 spiro atoms. The normalized spacial score (nSPS) is 14.3. The van der Waals surface area contributed by atoms with Crippen molar-refractivity contribution in [1.29, 1.82) is 0 Å². The van der Waals surface area contributed by atoms with Crippen molar-refractivity contribution in [2.24, 2.45) is 16.8 Å². The maximum atomic E-state index is 12.7. The standard InChI is InChI=1S/C12H16F3N3O/c1-7-3-4-10(8(2)5-7)17-6-9(11(16)18-19)12(13,14)15/h3-5,9,17,19H,6H2,1-2H3,(H2,16,18). The van der Waals surface area contributed by atoms with Crippen molar-refractivity contribution in [3.8, 4) is 0 Å². The lowest BCUT2D eigenvalue weighted by atomic mass is 10.1. The topological polar surface area (TPSA) is 70.6 Å². The molecular weight excluding hydrogens is 259 g/mol. The fourth-order valence-electron chi connectivity index (χ4n) is 1.68. The van der Waals surface area contributed by atoms with Gasteiger partial charge in [-0.3, -0.25) is 0 Å². The fraction of sp³-hybridized carbons (Fsp3) is 0.417. The SMILES string of the molecule is Cc1ccc(NCC(/C(N)=N/O)C(F)(F)F)c(C)c1. The Morgan fingerprint density at radius 2 is 2.05 bits per heavy atom. The zero-order valence-electron chi connectivity index (χ0n) is 10.6. The number of oxime groups is 1. The van der Waals surface area contributed by atoms with Crippen LogP contribution in [0.5, 0.6) is 0 Å². The third-order valence-electron chi connectivity index (χ3n) is 2.75. The highest BCUT2D eigenvalue weighted by atomic mass is 19.4. The van der Waals surface area contributed by atoms with Gasteiger partial charge in [-0.2, -0.15) is 13.2 Å². The number of anilines is 1. The molecule has 106 valence electrons. The van der Waals surface area contributed by atoms with Crippen molar-refractivity contribution in [1.82, 2.24) is 0 Å². The number of rotatable bonds is 4. The van der Waals surface area contributed by atoms with E-state index in [2.05, 4.69) is 10.5 Å². The zero-order valence-corrected chi connectivity index (χ0v) is 10.6. The second-order valence-electron chi connectivity index (χ2n) is 4.32. The van der Waals surface area contributed by atoms with Crippen LogP contribution in [0.3, 0.4) is 0 Å². The maximum absolute atomic E-state index is 12.7. The first-order valence-corrected chi connectivity index (χ1v) is 5.61. The Labute approximate surface area is 109 Å². The summed E-state index contributed by atoms with van der Waals surface area (Å²) >= 11 is 0. The molecule has 0 aromatic heterocycles. The molecule has 0 saturated carbocycles. The predicted octanol–water partition coefficient (Wildman–Crippen LogP) is 2.64. The average molecular weight is 275 g/mol. The molecule has 0 bridgehead atoms. The summed E-state index contributed by atoms with van der Waals surface area (Å²) in [6.45, 7) is 3.20. The van der Waals surface area contributed by atoms with Crippen molar-refractivity contribution >= 4 is 11.5 Å². The number of halogens is 3. The monoisotopic (exact) mass is 275 g/mol. The molecule has 19 heavy (non-hydrogen) atoms. The van der Waals surface area contributed by atoms with E-state index in [0.717, 1.165) is 11.1 Å². The molecule has 1 unspecified atom stereocenters. The van der Waals surface area contributed by atoms with E-state index in [1.165, 1.54) is 0 Å². The van der Waals surface area contributed by atoms with E-state index in [1.807, 2.05) is 13.0 Å². The molecule has 0 aliphatic rings. The maximum Gasteiger partial charge on any atom is 0.400 e. The Balaban J connectivity index is 2.82. The number of hydrogen-bond acceptors (Lipinski definition) is 3. The summed E-state index contributed by atoms with van der Waals surface area (Å²) in [6, 6.07) is 5.35. The lowest BCUT2D eigenvalue weighted by Gasteiger charge is -2.20. The number of nitrogens with one attached hydrogen (secondary N) is 1. The van der Waals surface area contributed by atoms with Crippen molar-refractivity contribution in [3.05, 3.63) is 29.3 Å². The molecule has 1 aromatic rings. The van der Waals surface area contributed by atoms with E-state index in [9.17, 15) is 13.2 Å². The third-order valence-corrected chi connectivity index (χ3v) is 2.75. The minimum atomic E-state index is -4.57. The summed E-state index contributed by atoms with van der Waals surface area (Å²) in [5, 5.41) is 13.5. The third kappa shape index (κ3) is 4.04. The van der Waals surface area contributed by atoms with Crippen molar-refractivity contribution in [2.75, 3.05) is 11.9 Å². The molecule has 7 heteroatoms. The van der Waals surface area contributed by atoms with Crippen LogP contribution in [0.1, 0.15) is 11.1 Å². The Kier molecular flexibility index (Phi) is 4.63. The first-order valence-electron chi connectivity index (χ1n) is 5.61. The second kappa shape index (κ2) is 5.81. The second-order valence-corrected chi connectivity index (χ2v) is 4.32. The summed E-state index contributed by atoms with van der Waals surface area (Å²) in [4.78, 5) is 0. The fourth-order valence-corrected chi connectivity index (χ4v) is 1.68. The minimum absolute atomic E-state index is 0.483. The highest BCUT2D eigenvalue weighted by molar-refractivity contribution is 5.83. The number of hydrogen-bond donors (Lipinski definition) is 3. The number of nitrogens with zero attached hydrogens (tertiary/aromatic N) is 1. The number of alkyl halides is 3. The largest absolute Gasteiger partial charge is 0.409 e. The van der Waals surface area contributed by atoms with Gasteiger partial charge in [0.1, 0.15) is 5.92 Å². The van der Waals surface area contributed by atoms with Gasteiger partial charge in [-0.25, -0.2) is 0 Å². The van der Waals surface area contributed by atoms with E-state index >= 15 is 0 Å². The molecule has 0 aliphatic carbocycles. The molecule has 0 heterocycles. The lowest BCUT2D eigenvalue weighted by Crippen LogP contribution is -2.40. The number of benzene rings is 1. The lowest BCUT2D eigenvalue weighted by molar-refractivity contribution is -0.152. The molecule has 1 atom stereocenters. The van der Waals surface area contributed by atoms with E-state index in [0.29, 0.717) is 5.69 Å². The van der Waals surface area contributed by atoms with Crippen LogP contribution >= 0.6 is 0 Å². The average Bonchev–Trinajstić information content (AvgIpc) is 2.29. The van der Waals surface area contributed by atoms with Gasteiger partial charge in [-0.15, -0.1) is 0 Å². The van der Waals surface area contributed by atoms with Crippen LogP contribution in [0, 0.1) is 19.8 Å². The Morgan fingerprint density at radius 3 is 2.53 bits per heavy atom. The molecular formula is C12H16F3N3O. The molecule has 0 amide bonds. The molecule has 1 aromatic carbocycles. The smallest absolute Gasteiger partial charge is 0.400 e. The number of nitrogens with two attached hydrogens (primary N) is 1. The van der Waals surface area contributed by atoms with Crippen LogP contribution in [0.2, 0.25) is 0 Å². The number of aryl methyl sites for hydroxylation is 2. The van der Waals surface area contributed by atoms with Gasteiger partial charge in [-0.05, 0) is 25.5 Å². The van der Waals surface area contributed by atoms with Crippen LogP contribution < -0.4 is 11.1 Å². The molecule has 0 radical (unpaired) electrons. The van der Waals surface area contributed by atoms with Crippen LogP contribution in [0.25, 0.3) is 0 Å². The zero-order chi connectivity index (χ0) is 14.6. The van der Waals surface area contributed by atoms with E-state index in [1.54, 1.807) is 19.1 Å². The summed E-state index contributed by atoms with van der Waals surface area (Å²) in [6.07, 6.45) is -4.57. The molecule has 4 N–H and O–H groups in total. The molecule has 0 saturated heterocycles. The van der Waals surface area contributed by atoms with E-state index in [-0.39, 0.29) is 0 Å². The molecule has 4 nitrogen and oxygen atoms in total. The van der Waals surface area contributed by atoms with Gasteiger partial charge in [0.15, 0.2) is 5.84 Å². The van der Waals surface area contributed by atoms with Crippen molar-refractivity contribution in [3.63, 3.8) is 0 Å². The van der Waals surface area contributed by atoms with Gasteiger partial charge in [0.05, 0.1) is 0 Å². The van der Waals surface area contributed by atoms with E-state index < -0.39 is 24.5 Å². The van der Waals surface area contributed by atoms with Gasteiger partial charge in [0.25, 0.3) is 0 Å². The quantitative estimate of drug-likeness (QED) is 0.342. The van der Waals surface area contributed by atoms with Gasteiger partial charge in [0.2, 0.25) is 0 Å². The first-order chi connectivity index (χ1) is 8.75. The van der Waals surface area contributed by atoms with Crippen LogP contribution in [-0.2, 0) is 0 Å². The van der Waals surface area contributed by atoms with Gasteiger partial charge in [0, 0.05) is 12.2 Å². The van der Waals surface area contributed by atoms with Gasteiger partial charge >= 0.3 is 6.18 Å². The minimum Gasteiger partial charge on any atom is -0.409 e.